The standard InChI is InChI=1S/C18H16N4O3S/c23-18(20-14-6-2-1-3-7-14)21-15-9-11-16(12-10-15)26(24,25)22-17-8-4-5-13-19-17/h1-13H,(H,19,22)(H2,20,21,23). The summed E-state index contributed by atoms with van der Waals surface area (Å²) in [6.07, 6.45) is 1.50. The lowest BCUT2D eigenvalue weighted by Gasteiger charge is -2.09. The Morgan fingerprint density at radius 1 is 0.769 bits per heavy atom. The van der Waals surface area contributed by atoms with Crippen molar-refractivity contribution in [2.24, 2.45) is 0 Å². The topological polar surface area (TPSA) is 100 Å². The normalized spacial score (nSPS) is 10.8. The predicted octanol–water partition coefficient (Wildman–Crippen LogP) is 3.53. The summed E-state index contributed by atoms with van der Waals surface area (Å²) in [7, 11) is -3.75. The summed E-state index contributed by atoms with van der Waals surface area (Å²) in [6, 6.07) is 19.3. The minimum absolute atomic E-state index is 0.0668. The van der Waals surface area contributed by atoms with Gasteiger partial charge < -0.3 is 10.6 Å². The van der Waals surface area contributed by atoms with Crippen molar-refractivity contribution >= 4 is 33.2 Å². The van der Waals surface area contributed by atoms with Crippen LogP contribution in [0.4, 0.5) is 22.0 Å². The van der Waals surface area contributed by atoms with Gasteiger partial charge in [0.1, 0.15) is 5.82 Å². The molecule has 2 aromatic carbocycles. The minimum Gasteiger partial charge on any atom is -0.308 e. The van der Waals surface area contributed by atoms with Crippen LogP contribution in [0.5, 0.6) is 0 Å². The van der Waals surface area contributed by atoms with Gasteiger partial charge in [0.15, 0.2) is 0 Å². The molecule has 0 fully saturated rings. The van der Waals surface area contributed by atoms with Gasteiger partial charge in [-0.2, -0.15) is 0 Å². The van der Waals surface area contributed by atoms with Crippen molar-refractivity contribution in [2.75, 3.05) is 15.4 Å². The smallest absolute Gasteiger partial charge is 0.308 e. The Balaban J connectivity index is 1.65. The number of rotatable bonds is 5. The molecule has 0 unspecified atom stereocenters. The van der Waals surface area contributed by atoms with Gasteiger partial charge in [0.05, 0.1) is 4.90 Å². The molecule has 7 nitrogen and oxygen atoms in total. The number of carbonyl (C=O) groups is 1. The van der Waals surface area contributed by atoms with Gasteiger partial charge in [-0.15, -0.1) is 0 Å². The maximum absolute atomic E-state index is 12.3. The zero-order valence-corrected chi connectivity index (χ0v) is 14.4. The average Bonchev–Trinajstić information content (AvgIpc) is 2.63. The zero-order valence-electron chi connectivity index (χ0n) is 13.6. The van der Waals surface area contributed by atoms with Gasteiger partial charge in [-0.3, -0.25) is 4.72 Å². The van der Waals surface area contributed by atoms with Gasteiger partial charge in [-0.25, -0.2) is 18.2 Å². The van der Waals surface area contributed by atoms with E-state index in [-0.39, 0.29) is 10.7 Å². The number of pyridine rings is 1. The Hall–Kier alpha value is -3.39. The van der Waals surface area contributed by atoms with Crippen molar-refractivity contribution in [3.63, 3.8) is 0 Å². The number of nitrogens with zero attached hydrogens (tertiary/aromatic N) is 1. The maximum atomic E-state index is 12.3. The lowest BCUT2D eigenvalue weighted by Crippen LogP contribution is -2.19. The Morgan fingerprint density at radius 3 is 2.00 bits per heavy atom. The SMILES string of the molecule is O=C(Nc1ccccc1)Nc1ccc(S(=O)(=O)Nc2ccccn2)cc1. The second-order valence-electron chi connectivity index (χ2n) is 5.29. The quantitative estimate of drug-likeness (QED) is 0.641. The molecule has 3 rings (SSSR count). The van der Waals surface area contributed by atoms with Crippen LogP contribution >= 0.6 is 0 Å². The Kier molecular flexibility index (Phi) is 5.14. The number of carbonyl (C=O) groups excluding carboxylic acids is 1. The molecule has 1 aromatic heterocycles. The molecular formula is C18H16N4O3S. The fourth-order valence-corrected chi connectivity index (χ4v) is 3.16. The molecule has 0 saturated carbocycles. The highest BCUT2D eigenvalue weighted by Gasteiger charge is 2.14. The fraction of sp³-hybridized carbons (Fsp3) is 0. The van der Waals surface area contributed by atoms with E-state index in [1.165, 1.54) is 30.5 Å². The van der Waals surface area contributed by atoms with Gasteiger partial charge in [0, 0.05) is 17.6 Å². The minimum atomic E-state index is -3.75. The summed E-state index contributed by atoms with van der Waals surface area (Å²) >= 11 is 0. The molecule has 8 heteroatoms. The third-order valence-corrected chi connectivity index (χ3v) is 4.73. The first-order valence-electron chi connectivity index (χ1n) is 7.70. The number of para-hydroxylation sites is 1. The number of hydrogen-bond acceptors (Lipinski definition) is 4. The highest BCUT2D eigenvalue weighted by Crippen LogP contribution is 2.17. The summed E-state index contributed by atoms with van der Waals surface area (Å²) < 4.78 is 27.0. The second kappa shape index (κ2) is 7.66. The molecule has 132 valence electrons. The number of anilines is 3. The summed E-state index contributed by atoms with van der Waals surface area (Å²) in [5.74, 6) is 0.233. The molecule has 3 aromatic rings. The van der Waals surface area contributed by atoms with Crippen LogP contribution in [0.1, 0.15) is 0 Å². The summed E-state index contributed by atoms with van der Waals surface area (Å²) in [5.41, 5.74) is 1.12. The van der Waals surface area contributed by atoms with Crippen molar-refractivity contribution in [2.45, 2.75) is 4.90 Å². The summed E-state index contributed by atoms with van der Waals surface area (Å²) in [6.45, 7) is 0. The van der Waals surface area contributed by atoms with E-state index in [0.717, 1.165) is 0 Å². The molecule has 0 aliphatic carbocycles. The molecule has 0 aliphatic heterocycles. The van der Waals surface area contributed by atoms with Crippen molar-refractivity contribution in [3.8, 4) is 0 Å². The van der Waals surface area contributed by atoms with Crippen molar-refractivity contribution in [1.29, 1.82) is 0 Å². The van der Waals surface area contributed by atoms with Crippen LogP contribution in [0.2, 0.25) is 0 Å². The van der Waals surface area contributed by atoms with E-state index in [4.69, 9.17) is 0 Å². The molecule has 1 heterocycles. The molecule has 0 aliphatic rings. The first-order valence-corrected chi connectivity index (χ1v) is 9.18. The number of urea groups is 1. The van der Waals surface area contributed by atoms with Crippen LogP contribution in [0.25, 0.3) is 0 Å². The highest BCUT2D eigenvalue weighted by atomic mass is 32.2. The summed E-state index contributed by atoms with van der Waals surface area (Å²) in [5, 5.41) is 5.32. The van der Waals surface area contributed by atoms with Gasteiger partial charge in [0.2, 0.25) is 0 Å². The first kappa shape index (κ1) is 17.4. The highest BCUT2D eigenvalue weighted by molar-refractivity contribution is 7.92. The molecule has 0 saturated heterocycles. The average molecular weight is 368 g/mol. The van der Waals surface area contributed by atoms with Crippen molar-refractivity contribution < 1.29 is 13.2 Å². The van der Waals surface area contributed by atoms with E-state index in [0.29, 0.717) is 11.4 Å². The first-order chi connectivity index (χ1) is 12.5. The number of amides is 2. The number of hydrogen-bond donors (Lipinski definition) is 3. The molecule has 0 bridgehead atoms. The van der Waals surface area contributed by atoms with Crippen LogP contribution in [0.3, 0.4) is 0 Å². The number of benzene rings is 2. The number of nitrogens with one attached hydrogen (secondary N) is 3. The molecule has 26 heavy (non-hydrogen) atoms. The van der Waals surface area contributed by atoms with Crippen LogP contribution in [0.15, 0.2) is 83.9 Å². The Bertz CT molecular complexity index is 976. The van der Waals surface area contributed by atoms with Crippen molar-refractivity contribution in [3.05, 3.63) is 79.0 Å². The fourth-order valence-electron chi connectivity index (χ4n) is 2.15. The zero-order chi connectivity index (χ0) is 18.4. The predicted molar refractivity (Wildman–Crippen MR) is 101 cm³/mol. The molecular weight excluding hydrogens is 352 g/mol. The van der Waals surface area contributed by atoms with Crippen LogP contribution in [0, 0.1) is 0 Å². The third-order valence-electron chi connectivity index (χ3n) is 3.36. The van der Waals surface area contributed by atoms with Gasteiger partial charge >= 0.3 is 6.03 Å². The van der Waals surface area contributed by atoms with E-state index in [9.17, 15) is 13.2 Å². The molecule has 2 amide bonds. The van der Waals surface area contributed by atoms with E-state index >= 15 is 0 Å². The molecule has 3 N–H and O–H groups in total. The lowest BCUT2D eigenvalue weighted by molar-refractivity contribution is 0.262. The van der Waals surface area contributed by atoms with E-state index in [2.05, 4.69) is 20.3 Å². The lowest BCUT2D eigenvalue weighted by atomic mass is 10.3. The van der Waals surface area contributed by atoms with E-state index < -0.39 is 16.1 Å². The van der Waals surface area contributed by atoms with Crippen LogP contribution in [-0.4, -0.2) is 19.4 Å². The Labute approximate surface area is 151 Å². The van der Waals surface area contributed by atoms with Gasteiger partial charge in [-0.05, 0) is 48.5 Å². The van der Waals surface area contributed by atoms with Gasteiger partial charge in [-0.1, -0.05) is 24.3 Å². The van der Waals surface area contributed by atoms with E-state index in [1.54, 1.807) is 30.3 Å². The molecule has 0 atom stereocenters. The second-order valence-corrected chi connectivity index (χ2v) is 6.97. The molecule has 0 spiro atoms. The Morgan fingerprint density at radius 2 is 1.38 bits per heavy atom. The van der Waals surface area contributed by atoms with E-state index in [1.807, 2.05) is 18.2 Å². The van der Waals surface area contributed by atoms with Gasteiger partial charge in [0.25, 0.3) is 10.0 Å². The van der Waals surface area contributed by atoms with Crippen LogP contribution < -0.4 is 15.4 Å². The number of sulfonamides is 1. The number of aromatic nitrogens is 1. The third kappa shape index (κ3) is 4.58. The molecule has 0 radical (unpaired) electrons. The summed E-state index contributed by atoms with van der Waals surface area (Å²) in [4.78, 5) is 15.9. The van der Waals surface area contributed by atoms with Crippen molar-refractivity contribution in [1.82, 2.24) is 4.98 Å². The maximum Gasteiger partial charge on any atom is 0.323 e. The monoisotopic (exact) mass is 368 g/mol. The largest absolute Gasteiger partial charge is 0.323 e. The van der Waals surface area contributed by atoms with Crippen LogP contribution in [-0.2, 0) is 10.0 Å².